The molecule has 168 valence electrons. The molecule has 1 fully saturated rings. The molecule has 4 rings (SSSR count). The number of hydrogen-bond donors (Lipinski definition) is 0. The molecule has 32 heavy (non-hydrogen) atoms. The van der Waals surface area contributed by atoms with Crippen molar-refractivity contribution in [1.29, 1.82) is 0 Å². The van der Waals surface area contributed by atoms with Gasteiger partial charge in [0.1, 0.15) is 24.8 Å². The Morgan fingerprint density at radius 3 is 2.59 bits per heavy atom. The van der Waals surface area contributed by atoms with Crippen LogP contribution in [0.5, 0.6) is 17.2 Å². The normalized spacial score (nSPS) is 16.3. The van der Waals surface area contributed by atoms with E-state index in [1.165, 1.54) is 13.2 Å². The number of halogens is 2. The van der Waals surface area contributed by atoms with E-state index >= 15 is 0 Å². The third-order valence-electron chi connectivity index (χ3n) is 5.64. The van der Waals surface area contributed by atoms with Gasteiger partial charge in [0.2, 0.25) is 11.7 Å². The first kappa shape index (κ1) is 21.8. The van der Waals surface area contributed by atoms with Crippen LogP contribution in [0.3, 0.4) is 0 Å². The number of ketones is 1. The van der Waals surface area contributed by atoms with E-state index in [4.69, 9.17) is 14.2 Å². The van der Waals surface area contributed by atoms with Gasteiger partial charge in [0.25, 0.3) is 0 Å². The van der Waals surface area contributed by atoms with Gasteiger partial charge in [-0.2, -0.15) is 0 Å². The van der Waals surface area contributed by atoms with Crippen molar-refractivity contribution in [2.45, 2.75) is 12.8 Å². The second kappa shape index (κ2) is 9.38. The molecule has 6 nitrogen and oxygen atoms in total. The Balaban J connectivity index is 1.38. The molecule has 0 saturated carbocycles. The maximum absolute atomic E-state index is 13.9. The third kappa shape index (κ3) is 4.59. The summed E-state index contributed by atoms with van der Waals surface area (Å²) in [6.45, 7) is 1.61. The summed E-state index contributed by atoms with van der Waals surface area (Å²) in [4.78, 5) is 26.8. The van der Waals surface area contributed by atoms with Crippen LogP contribution in [0.2, 0.25) is 0 Å². The van der Waals surface area contributed by atoms with E-state index < -0.39 is 23.3 Å². The monoisotopic (exact) mass is 443 g/mol. The SMILES string of the molecule is COc1cc(/C=C/C(=O)N2CCC(C(=O)c3cc(F)ccc3F)CC2)cc2c1OCCO2. The lowest BCUT2D eigenvalue weighted by molar-refractivity contribution is -0.127. The molecule has 2 heterocycles. The van der Waals surface area contributed by atoms with Crippen molar-refractivity contribution >= 4 is 17.8 Å². The molecule has 2 aromatic rings. The van der Waals surface area contributed by atoms with E-state index in [9.17, 15) is 18.4 Å². The standard InChI is InChI=1S/C24H23F2NO5/c1-30-20-12-15(13-21-24(20)32-11-10-31-21)2-5-22(28)27-8-6-16(7-9-27)23(29)18-14-17(25)3-4-19(18)26/h2-5,12-14,16H,6-11H2,1H3/b5-2+. The molecule has 1 amide bonds. The molecule has 0 radical (unpaired) electrons. The Kier molecular flexibility index (Phi) is 6.39. The minimum atomic E-state index is -0.729. The first-order valence-corrected chi connectivity index (χ1v) is 10.4. The predicted molar refractivity (Wildman–Crippen MR) is 113 cm³/mol. The second-order valence-corrected chi connectivity index (χ2v) is 7.67. The number of carbonyl (C=O) groups excluding carboxylic acids is 2. The van der Waals surface area contributed by atoms with Gasteiger partial charge in [-0.05, 0) is 54.8 Å². The van der Waals surface area contributed by atoms with Gasteiger partial charge in [0, 0.05) is 25.1 Å². The molecule has 0 unspecified atom stereocenters. The fraction of sp³-hybridized carbons (Fsp3) is 0.333. The lowest BCUT2D eigenvalue weighted by Gasteiger charge is -2.30. The minimum Gasteiger partial charge on any atom is -0.493 e. The van der Waals surface area contributed by atoms with E-state index in [1.807, 2.05) is 0 Å². The Morgan fingerprint density at radius 2 is 1.84 bits per heavy atom. The van der Waals surface area contributed by atoms with E-state index in [2.05, 4.69) is 0 Å². The van der Waals surface area contributed by atoms with Crippen molar-refractivity contribution in [3.8, 4) is 17.2 Å². The molecule has 8 heteroatoms. The number of fused-ring (bicyclic) bond motifs is 1. The van der Waals surface area contributed by atoms with Crippen molar-refractivity contribution in [1.82, 2.24) is 4.90 Å². The van der Waals surface area contributed by atoms with Gasteiger partial charge >= 0.3 is 0 Å². The third-order valence-corrected chi connectivity index (χ3v) is 5.64. The van der Waals surface area contributed by atoms with Crippen LogP contribution in [0.15, 0.2) is 36.4 Å². The maximum Gasteiger partial charge on any atom is 0.246 e. The molecule has 1 saturated heterocycles. The zero-order chi connectivity index (χ0) is 22.7. The summed E-state index contributed by atoms with van der Waals surface area (Å²) in [7, 11) is 1.54. The van der Waals surface area contributed by atoms with Gasteiger partial charge < -0.3 is 19.1 Å². The molecule has 0 atom stereocenters. The van der Waals surface area contributed by atoms with Crippen molar-refractivity contribution in [3.05, 3.63) is 59.2 Å². The van der Waals surface area contributed by atoms with Crippen LogP contribution in [0.1, 0.15) is 28.8 Å². The van der Waals surface area contributed by atoms with Crippen molar-refractivity contribution < 1.29 is 32.6 Å². The second-order valence-electron chi connectivity index (χ2n) is 7.67. The maximum atomic E-state index is 13.9. The number of Topliss-reactive ketones (excluding diaryl/α,β-unsaturated/α-hetero) is 1. The number of ether oxygens (including phenoxy) is 3. The first-order valence-electron chi connectivity index (χ1n) is 10.4. The number of piperidine rings is 1. The zero-order valence-corrected chi connectivity index (χ0v) is 17.6. The van der Waals surface area contributed by atoms with Crippen LogP contribution in [0.4, 0.5) is 8.78 Å². The quantitative estimate of drug-likeness (QED) is 0.518. The van der Waals surface area contributed by atoms with E-state index in [1.54, 1.807) is 23.1 Å². The van der Waals surface area contributed by atoms with Gasteiger partial charge in [-0.15, -0.1) is 0 Å². The Morgan fingerprint density at radius 1 is 1.09 bits per heavy atom. The molecule has 0 aliphatic carbocycles. The molecular weight excluding hydrogens is 420 g/mol. The van der Waals surface area contributed by atoms with Crippen LogP contribution < -0.4 is 14.2 Å². The zero-order valence-electron chi connectivity index (χ0n) is 17.6. The van der Waals surface area contributed by atoms with Crippen LogP contribution in [-0.2, 0) is 4.79 Å². The van der Waals surface area contributed by atoms with Crippen LogP contribution in [-0.4, -0.2) is 50.0 Å². The number of benzene rings is 2. The summed E-state index contributed by atoms with van der Waals surface area (Å²) in [5.74, 6) is -0.805. The Bertz CT molecular complexity index is 1040. The summed E-state index contributed by atoms with van der Waals surface area (Å²) >= 11 is 0. The fourth-order valence-electron chi connectivity index (χ4n) is 3.93. The highest BCUT2D eigenvalue weighted by Gasteiger charge is 2.29. The highest BCUT2D eigenvalue weighted by molar-refractivity contribution is 5.98. The van der Waals surface area contributed by atoms with E-state index in [-0.39, 0.29) is 11.5 Å². The van der Waals surface area contributed by atoms with Gasteiger partial charge in [-0.3, -0.25) is 9.59 Å². The lowest BCUT2D eigenvalue weighted by atomic mass is 9.88. The van der Waals surface area contributed by atoms with Crippen LogP contribution in [0.25, 0.3) is 6.08 Å². The molecule has 0 aromatic heterocycles. The van der Waals surface area contributed by atoms with Crippen LogP contribution in [0, 0.1) is 17.6 Å². The Labute approximate surface area is 184 Å². The summed E-state index contributed by atoms with van der Waals surface area (Å²) in [5.41, 5.74) is 0.494. The average Bonchev–Trinajstić information content (AvgIpc) is 2.83. The first-order chi connectivity index (χ1) is 15.5. The van der Waals surface area contributed by atoms with Gasteiger partial charge in [-0.25, -0.2) is 8.78 Å². The van der Waals surface area contributed by atoms with Gasteiger partial charge in [0.15, 0.2) is 17.3 Å². The summed E-state index contributed by atoms with van der Waals surface area (Å²) in [5, 5.41) is 0. The van der Waals surface area contributed by atoms with Crippen molar-refractivity contribution in [2.75, 3.05) is 33.4 Å². The summed E-state index contributed by atoms with van der Waals surface area (Å²) in [6.07, 6.45) is 3.92. The number of nitrogens with zero attached hydrogens (tertiary/aromatic N) is 1. The van der Waals surface area contributed by atoms with Crippen molar-refractivity contribution in [3.63, 3.8) is 0 Å². The number of carbonyl (C=O) groups is 2. The average molecular weight is 443 g/mol. The number of amides is 1. The van der Waals surface area contributed by atoms with Crippen LogP contribution >= 0.6 is 0 Å². The van der Waals surface area contributed by atoms with Crippen molar-refractivity contribution in [2.24, 2.45) is 5.92 Å². The highest BCUT2D eigenvalue weighted by Crippen LogP contribution is 2.40. The molecule has 0 N–H and O–H groups in total. The number of rotatable bonds is 5. The molecule has 0 spiro atoms. The topological polar surface area (TPSA) is 65.1 Å². The molecule has 2 aliphatic heterocycles. The van der Waals surface area contributed by atoms with Gasteiger partial charge in [-0.1, -0.05) is 0 Å². The molecule has 2 aliphatic rings. The molecule has 0 bridgehead atoms. The minimum absolute atomic E-state index is 0.193. The summed E-state index contributed by atoms with van der Waals surface area (Å²) in [6, 6.07) is 6.41. The number of methoxy groups -OCH3 is 1. The Hall–Kier alpha value is -3.42. The van der Waals surface area contributed by atoms with E-state index in [0.29, 0.717) is 56.4 Å². The summed E-state index contributed by atoms with van der Waals surface area (Å²) < 4.78 is 43.8. The highest BCUT2D eigenvalue weighted by atomic mass is 19.1. The predicted octanol–water partition coefficient (Wildman–Crippen LogP) is 3.88. The lowest BCUT2D eigenvalue weighted by Crippen LogP contribution is -2.39. The van der Waals surface area contributed by atoms with Gasteiger partial charge in [0.05, 0.1) is 12.7 Å². The number of likely N-dealkylation sites (tertiary alicyclic amines) is 1. The smallest absolute Gasteiger partial charge is 0.246 e. The fourth-order valence-corrected chi connectivity index (χ4v) is 3.93. The molecule has 2 aromatic carbocycles. The van der Waals surface area contributed by atoms with E-state index in [0.717, 1.165) is 23.8 Å². The molecular formula is C24H23F2NO5. The number of hydrogen-bond acceptors (Lipinski definition) is 5. The largest absolute Gasteiger partial charge is 0.493 e.